The average Bonchev–Trinajstić information content (AvgIpc) is 3.03. The molecule has 0 aliphatic rings. The summed E-state index contributed by atoms with van der Waals surface area (Å²) in [6.45, 7) is 1.27. The highest BCUT2D eigenvalue weighted by Gasteiger charge is 2.13. The second-order valence-electron chi connectivity index (χ2n) is 5.67. The number of hydrogen-bond acceptors (Lipinski definition) is 5. The van der Waals surface area contributed by atoms with Gasteiger partial charge in [0.05, 0.1) is 4.92 Å². The third kappa shape index (κ3) is 4.14. The Bertz CT molecular complexity index is 861. The summed E-state index contributed by atoms with van der Waals surface area (Å²) in [6, 6.07) is 14.6. The first-order valence-electron chi connectivity index (χ1n) is 7.95. The van der Waals surface area contributed by atoms with E-state index in [1.807, 2.05) is 24.4 Å². The molecule has 2 aromatic carbocycles. The van der Waals surface area contributed by atoms with Gasteiger partial charge in [-0.25, -0.2) is 4.98 Å². The van der Waals surface area contributed by atoms with E-state index in [0.717, 1.165) is 12.4 Å². The molecule has 3 rings (SSSR count). The minimum Gasteiger partial charge on any atom is -0.399 e. The van der Waals surface area contributed by atoms with Gasteiger partial charge >= 0.3 is 0 Å². The number of benzene rings is 2. The predicted molar refractivity (Wildman–Crippen MR) is 97.5 cm³/mol. The Morgan fingerprint density at radius 3 is 2.76 bits per heavy atom. The smallest absolute Gasteiger partial charge is 0.292 e. The Morgan fingerprint density at radius 1 is 1.20 bits per heavy atom. The summed E-state index contributed by atoms with van der Waals surface area (Å²) in [5.74, 6) is 0.919. The van der Waals surface area contributed by atoms with Crippen molar-refractivity contribution in [3.05, 3.63) is 82.4 Å². The average molecular weight is 337 g/mol. The van der Waals surface area contributed by atoms with Gasteiger partial charge in [0.2, 0.25) is 0 Å². The molecule has 0 aliphatic carbocycles. The minimum atomic E-state index is -0.419. The SMILES string of the molecule is Nc1ccc([N+](=O)[O-])c(NCCc2nccn2Cc2ccccc2)c1. The molecule has 1 aromatic heterocycles. The number of nitrogens with zero attached hydrogens (tertiary/aromatic N) is 3. The Labute approximate surface area is 145 Å². The summed E-state index contributed by atoms with van der Waals surface area (Å²) >= 11 is 0. The van der Waals surface area contributed by atoms with Gasteiger partial charge in [-0.3, -0.25) is 10.1 Å². The monoisotopic (exact) mass is 337 g/mol. The number of anilines is 2. The lowest BCUT2D eigenvalue weighted by Gasteiger charge is -2.10. The van der Waals surface area contributed by atoms with Gasteiger partial charge in [-0.15, -0.1) is 0 Å². The van der Waals surface area contributed by atoms with Crippen LogP contribution in [-0.2, 0) is 13.0 Å². The van der Waals surface area contributed by atoms with Crippen LogP contribution < -0.4 is 11.1 Å². The van der Waals surface area contributed by atoms with Crippen molar-refractivity contribution >= 4 is 17.1 Å². The van der Waals surface area contributed by atoms with Crippen LogP contribution in [0.2, 0.25) is 0 Å². The molecule has 0 unspecified atom stereocenters. The fourth-order valence-electron chi connectivity index (χ4n) is 2.66. The Kier molecular flexibility index (Phi) is 4.94. The van der Waals surface area contributed by atoms with Crippen molar-refractivity contribution in [2.24, 2.45) is 0 Å². The first kappa shape index (κ1) is 16.5. The molecule has 0 bridgehead atoms. The summed E-state index contributed by atoms with van der Waals surface area (Å²) in [5, 5.41) is 14.2. The molecule has 0 saturated carbocycles. The van der Waals surface area contributed by atoms with Gasteiger partial charge in [0, 0.05) is 43.7 Å². The van der Waals surface area contributed by atoms with Crippen molar-refractivity contribution < 1.29 is 4.92 Å². The maximum absolute atomic E-state index is 11.1. The van der Waals surface area contributed by atoms with Crippen molar-refractivity contribution in [3.63, 3.8) is 0 Å². The summed E-state index contributed by atoms with van der Waals surface area (Å²) in [5.41, 5.74) is 7.84. The molecular weight excluding hydrogens is 318 g/mol. The van der Waals surface area contributed by atoms with Crippen LogP contribution >= 0.6 is 0 Å². The summed E-state index contributed by atoms with van der Waals surface area (Å²) in [4.78, 5) is 15.1. The van der Waals surface area contributed by atoms with Crippen LogP contribution in [0.1, 0.15) is 11.4 Å². The molecule has 0 saturated heterocycles. The van der Waals surface area contributed by atoms with E-state index < -0.39 is 4.92 Å². The normalized spacial score (nSPS) is 10.6. The van der Waals surface area contributed by atoms with Crippen LogP contribution in [0, 0.1) is 10.1 Å². The van der Waals surface area contributed by atoms with Crippen molar-refractivity contribution in [1.82, 2.24) is 9.55 Å². The van der Waals surface area contributed by atoms with E-state index in [0.29, 0.717) is 24.3 Å². The Balaban J connectivity index is 1.65. The quantitative estimate of drug-likeness (QED) is 0.392. The van der Waals surface area contributed by atoms with E-state index in [4.69, 9.17) is 5.73 Å². The van der Waals surface area contributed by atoms with Crippen LogP contribution in [0.4, 0.5) is 17.1 Å². The Hall–Kier alpha value is -3.35. The van der Waals surface area contributed by atoms with Gasteiger partial charge < -0.3 is 15.6 Å². The third-order valence-electron chi connectivity index (χ3n) is 3.88. The molecule has 128 valence electrons. The van der Waals surface area contributed by atoms with Gasteiger partial charge in [0.1, 0.15) is 11.5 Å². The number of hydrogen-bond donors (Lipinski definition) is 2. The van der Waals surface area contributed by atoms with Gasteiger partial charge in [0.25, 0.3) is 5.69 Å². The molecular formula is C18H19N5O2. The lowest BCUT2D eigenvalue weighted by molar-refractivity contribution is -0.383. The molecule has 0 fully saturated rings. The molecule has 0 spiro atoms. The van der Waals surface area contributed by atoms with Crippen molar-refractivity contribution in [3.8, 4) is 0 Å². The Morgan fingerprint density at radius 2 is 2.00 bits per heavy atom. The van der Waals surface area contributed by atoms with Crippen LogP contribution in [0.3, 0.4) is 0 Å². The first-order valence-corrected chi connectivity index (χ1v) is 7.95. The maximum Gasteiger partial charge on any atom is 0.292 e. The third-order valence-corrected chi connectivity index (χ3v) is 3.88. The van der Waals surface area contributed by atoms with Crippen molar-refractivity contribution in [1.29, 1.82) is 0 Å². The zero-order chi connectivity index (χ0) is 17.6. The second-order valence-corrected chi connectivity index (χ2v) is 5.67. The molecule has 1 heterocycles. The molecule has 7 nitrogen and oxygen atoms in total. The number of rotatable bonds is 7. The molecule has 0 amide bonds. The fourth-order valence-corrected chi connectivity index (χ4v) is 2.66. The lowest BCUT2D eigenvalue weighted by atomic mass is 10.2. The van der Waals surface area contributed by atoms with Gasteiger partial charge in [-0.2, -0.15) is 0 Å². The number of nitrogens with two attached hydrogens (primary N) is 1. The van der Waals surface area contributed by atoms with Crippen molar-refractivity contribution in [2.45, 2.75) is 13.0 Å². The topological polar surface area (TPSA) is 99.0 Å². The van der Waals surface area contributed by atoms with Gasteiger partial charge in [-0.05, 0) is 17.7 Å². The van der Waals surface area contributed by atoms with Crippen LogP contribution in [0.25, 0.3) is 0 Å². The zero-order valence-corrected chi connectivity index (χ0v) is 13.6. The molecule has 25 heavy (non-hydrogen) atoms. The van der Waals surface area contributed by atoms with Gasteiger partial charge in [-0.1, -0.05) is 30.3 Å². The molecule has 3 N–H and O–H groups in total. The molecule has 7 heteroatoms. The molecule has 0 atom stereocenters. The standard InChI is InChI=1S/C18H19N5O2/c19-15-6-7-17(23(24)25)16(12-15)20-9-8-18-21-10-11-22(18)13-14-4-2-1-3-5-14/h1-7,10-12,20H,8-9,13,19H2. The number of nitrogen functional groups attached to an aromatic ring is 1. The molecule has 3 aromatic rings. The van der Waals surface area contributed by atoms with E-state index >= 15 is 0 Å². The predicted octanol–water partition coefficient (Wildman–Crippen LogP) is 3.08. The zero-order valence-electron chi connectivity index (χ0n) is 13.6. The highest BCUT2D eigenvalue weighted by molar-refractivity contribution is 5.67. The van der Waals surface area contributed by atoms with E-state index in [1.54, 1.807) is 12.3 Å². The van der Waals surface area contributed by atoms with E-state index in [2.05, 4.69) is 27.0 Å². The second kappa shape index (κ2) is 7.48. The summed E-state index contributed by atoms with van der Waals surface area (Å²) in [7, 11) is 0. The van der Waals surface area contributed by atoms with E-state index in [1.165, 1.54) is 17.7 Å². The first-order chi connectivity index (χ1) is 12.1. The highest BCUT2D eigenvalue weighted by Crippen LogP contribution is 2.26. The maximum atomic E-state index is 11.1. The summed E-state index contributed by atoms with van der Waals surface area (Å²) in [6.07, 6.45) is 4.35. The highest BCUT2D eigenvalue weighted by atomic mass is 16.6. The fraction of sp³-hybridized carbons (Fsp3) is 0.167. The van der Waals surface area contributed by atoms with Crippen LogP contribution in [0.5, 0.6) is 0 Å². The van der Waals surface area contributed by atoms with Crippen LogP contribution in [0.15, 0.2) is 60.9 Å². The molecule has 0 aliphatic heterocycles. The number of nitrogens with one attached hydrogen (secondary N) is 1. The number of nitro groups is 1. The van der Waals surface area contributed by atoms with Crippen molar-refractivity contribution in [2.75, 3.05) is 17.6 Å². The van der Waals surface area contributed by atoms with Crippen LogP contribution in [-0.4, -0.2) is 21.0 Å². The number of aromatic nitrogens is 2. The minimum absolute atomic E-state index is 0.0156. The number of nitro benzene ring substituents is 1. The van der Waals surface area contributed by atoms with Gasteiger partial charge in [0.15, 0.2) is 0 Å². The summed E-state index contributed by atoms with van der Waals surface area (Å²) < 4.78 is 2.07. The lowest BCUT2D eigenvalue weighted by Crippen LogP contribution is -2.12. The van der Waals surface area contributed by atoms with E-state index in [9.17, 15) is 10.1 Å². The largest absolute Gasteiger partial charge is 0.399 e. The van der Waals surface area contributed by atoms with E-state index in [-0.39, 0.29) is 5.69 Å². The molecule has 0 radical (unpaired) electrons. The number of imidazole rings is 1.